The van der Waals surface area contributed by atoms with Crippen LogP contribution in [-0.4, -0.2) is 78.3 Å². The standard InChI is InChI=1S/C23H40N4O3.2ClH/c28-19-27(26-16-14-25(15-17-26)21-8-12-24-13-9-21)23(10-4-1-5-11-23)30-22(29)18-20-6-2-3-7-20;;/h19-21,24H,1-18H2;2*1H. The molecule has 0 aromatic heterocycles. The molecule has 4 aliphatic rings. The minimum Gasteiger partial charge on any atom is -0.437 e. The molecule has 2 saturated heterocycles. The van der Waals surface area contributed by atoms with Gasteiger partial charge in [-0.3, -0.25) is 14.5 Å². The number of hydrazine groups is 1. The lowest BCUT2D eigenvalue weighted by atomic mass is 9.90. The van der Waals surface area contributed by atoms with Crippen molar-refractivity contribution >= 4 is 37.2 Å². The van der Waals surface area contributed by atoms with Crippen molar-refractivity contribution < 1.29 is 14.3 Å². The number of carbonyl (C=O) groups excluding carboxylic acids is 2. The van der Waals surface area contributed by atoms with E-state index >= 15 is 0 Å². The monoisotopic (exact) mass is 492 g/mol. The van der Waals surface area contributed by atoms with Crippen molar-refractivity contribution in [3.05, 3.63) is 0 Å². The Morgan fingerprint density at radius 2 is 1.56 bits per heavy atom. The molecule has 0 bridgehead atoms. The Balaban J connectivity index is 0.00000181. The van der Waals surface area contributed by atoms with Crippen molar-refractivity contribution in [2.24, 2.45) is 5.92 Å². The van der Waals surface area contributed by atoms with E-state index < -0.39 is 5.72 Å². The quantitative estimate of drug-likeness (QED) is 0.334. The minimum absolute atomic E-state index is 0. The van der Waals surface area contributed by atoms with Gasteiger partial charge in [-0.25, -0.2) is 10.0 Å². The number of halogens is 2. The molecule has 2 heterocycles. The molecule has 9 heteroatoms. The number of ether oxygens (including phenoxy) is 1. The number of esters is 1. The molecule has 7 nitrogen and oxygen atoms in total. The van der Waals surface area contributed by atoms with Gasteiger partial charge in [0.25, 0.3) is 0 Å². The summed E-state index contributed by atoms with van der Waals surface area (Å²) in [4.78, 5) is 27.7. The van der Waals surface area contributed by atoms with Crippen molar-refractivity contribution in [3.8, 4) is 0 Å². The Bertz CT molecular complexity index is 572. The lowest BCUT2D eigenvalue weighted by molar-refractivity contribution is -0.238. The van der Waals surface area contributed by atoms with Crippen molar-refractivity contribution in [1.82, 2.24) is 20.2 Å². The zero-order valence-electron chi connectivity index (χ0n) is 19.3. The largest absolute Gasteiger partial charge is 0.437 e. The Labute approximate surface area is 205 Å². The fraction of sp³-hybridized carbons (Fsp3) is 0.913. The highest BCUT2D eigenvalue weighted by Crippen LogP contribution is 2.37. The first-order valence-corrected chi connectivity index (χ1v) is 12.4. The highest BCUT2D eigenvalue weighted by atomic mass is 35.5. The van der Waals surface area contributed by atoms with Gasteiger partial charge in [-0.1, -0.05) is 19.3 Å². The highest BCUT2D eigenvalue weighted by Gasteiger charge is 2.45. The van der Waals surface area contributed by atoms with Crippen LogP contribution in [0, 0.1) is 5.92 Å². The van der Waals surface area contributed by atoms with E-state index in [9.17, 15) is 9.59 Å². The van der Waals surface area contributed by atoms with Crippen molar-refractivity contribution in [1.29, 1.82) is 0 Å². The maximum absolute atomic E-state index is 12.8. The molecule has 32 heavy (non-hydrogen) atoms. The van der Waals surface area contributed by atoms with Gasteiger partial charge >= 0.3 is 5.97 Å². The number of rotatable bonds is 7. The van der Waals surface area contributed by atoms with E-state index in [0.717, 1.165) is 90.6 Å². The minimum atomic E-state index is -0.771. The number of nitrogens with one attached hydrogen (secondary N) is 1. The van der Waals surface area contributed by atoms with Crippen LogP contribution in [0.15, 0.2) is 0 Å². The molecule has 0 aromatic rings. The molecular formula is C23H42Cl2N4O3. The number of nitrogens with zero attached hydrogens (tertiary/aromatic N) is 3. The summed E-state index contributed by atoms with van der Waals surface area (Å²) >= 11 is 0. The molecule has 1 N–H and O–H groups in total. The molecule has 186 valence electrons. The smallest absolute Gasteiger partial charge is 0.308 e. The van der Waals surface area contributed by atoms with Gasteiger partial charge in [-0.15, -0.1) is 24.8 Å². The zero-order valence-corrected chi connectivity index (χ0v) is 21.0. The lowest BCUT2D eigenvalue weighted by Crippen LogP contribution is -2.64. The van der Waals surface area contributed by atoms with Crippen molar-refractivity contribution in [3.63, 3.8) is 0 Å². The van der Waals surface area contributed by atoms with Crippen molar-refractivity contribution in [2.45, 2.75) is 88.8 Å². The fourth-order valence-electron chi connectivity index (χ4n) is 6.07. The molecule has 4 rings (SSSR count). The number of hydrogen-bond acceptors (Lipinski definition) is 6. The van der Waals surface area contributed by atoms with Gasteiger partial charge in [0.15, 0.2) is 0 Å². The highest BCUT2D eigenvalue weighted by molar-refractivity contribution is 5.85. The molecule has 0 atom stereocenters. The third-order valence-corrected chi connectivity index (χ3v) is 7.81. The summed E-state index contributed by atoms with van der Waals surface area (Å²) in [7, 11) is 0. The lowest BCUT2D eigenvalue weighted by Gasteiger charge is -2.50. The average Bonchev–Trinajstić information content (AvgIpc) is 3.29. The van der Waals surface area contributed by atoms with Crippen LogP contribution in [0.1, 0.15) is 77.0 Å². The van der Waals surface area contributed by atoms with Gasteiger partial charge in [-0.2, -0.15) is 0 Å². The Morgan fingerprint density at radius 1 is 0.938 bits per heavy atom. The number of piperidine rings is 1. The van der Waals surface area contributed by atoms with E-state index in [-0.39, 0.29) is 30.8 Å². The Morgan fingerprint density at radius 3 is 2.16 bits per heavy atom. The molecule has 0 aromatic carbocycles. The topological polar surface area (TPSA) is 65.1 Å². The van der Waals surface area contributed by atoms with Gasteiger partial charge in [0, 0.05) is 51.5 Å². The molecule has 0 radical (unpaired) electrons. The normalized spacial score (nSPS) is 25.4. The zero-order chi connectivity index (χ0) is 20.8. The Hall–Kier alpha value is -0.600. The number of carbonyl (C=O) groups is 2. The molecule has 2 aliphatic carbocycles. The second-order valence-electron chi connectivity index (χ2n) is 9.76. The van der Waals surface area contributed by atoms with E-state index in [0.29, 0.717) is 18.4 Å². The van der Waals surface area contributed by atoms with Crippen LogP contribution in [0.2, 0.25) is 0 Å². The fourth-order valence-corrected chi connectivity index (χ4v) is 6.07. The molecule has 0 spiro atoms. The predicted octanol–water partition coefficient (Wildman–Crippen LogP) is 3.36. The van der Waals surface area contributed by atoms with Crippen LogP contribution < -0.4 is 5.32 Å². The maximum atomic E-state index is 12.8. The number of amides is 1. The van der Waals surface area contributed by atoms with Gasteiger partial charge < -0.3 is 10.1 Å². The molecule has 1 amide bonds. The number of hydrogen-bond donors (Lipinski definition) is 1. The second kappa shape index (κ2) is 13.3. The third kappa shape index (κ3) is 6.72. The predicted molar refractivity (Wildman–Crippen MR) is 130 cm³/mol. The summed E-state index contributed by atoms with van der Waals surface area (Å²) in [6, 6.07) is 0.658. The van der Waals surface area contributed by atoms with Gasteiger partial charge in [0.2, 0.25) is 12.1 Å². The van der Waals surface area contributed by atoms with Gasteiger partial charge in [-0.05, 0) is 57.5 Å². The summed E-state index contributed by atoms with van der Waals surface area (Å²) in [5, 5.41) is 7.37. The van der Waals surface area contributed by atoms with Crippen LogP contribution in [-0.2, 0) is 14.3 Å². The summed E-state index contributed by atoms with van der Waals surface area (Å²) < 4.78 is 6.18. The maximum Gasteiger partial charge on any atom is 0.308 e. The van der Waals surface area contributed by atoms with Crippen LogP contribution in [0.25, 0.3) is 0 Å². The van der Waals surface area contributed by atoms with Gasteiger partial charge in [0.05, 0.1) is 0 Å². The molecule has 0 unspecified atom stereocenters. The van der Waals surface area contributed by atoms with E-state index in [1.165, 1.54) is 25.7 Å². The summed E-state index contributed by atoms with van der Waals surface area (Å²) in [6.45, 7) is 5.80. The first-order chi connectivity index (χ1) is 14.7. The summed E-state index contributed by atoms with van der Waals surface area (Å²) in [5.74, 6) is 0.361. The van der Waals surface area contributed by atoms with Crippen LogP contribution >= 0.6 is 24.8 Å². The average molecular weight is 494 g/mol. The first kappa shape index (κ1) is 27.6. The van der Waals surface area contributed by atoms with E-state index in [1.807, 2.05) is 0 Å². The van der Waals surface area contributed by atoms with Crippen LogP contribution in [0.3, 0.4) is 0 Å². The van der Waals surface area contributed by atoms with E-state index in [1.54, 1.807) is 5.01 Å². The SMILES string of the molecule is Cl.Cl.O=CN(N1CCN(C2CCNCC2)CC1)C1(OC(=O)CC2CCCC2)CCCCC1. The van der Waals surface area contributed by atoms with E-state index in [4.69, 9.17) is 4.74 Å². The Kier molecular flexibility index (Phi) is 11.5. The number of piperazine rings is 1. The van der Waals surface area contributed by atoms with Crippen molar-refractivity contribution in [2.75, 3.05) is 39.3 Å². The molecule has 2 saturated carbocycles. The molecular weight excluding hydrogens is 451 g/mol. The van der Waals surface area contributed by atoms with E-state index in [2.05, 4.69) is 15.2 Å². The third-order valence-electron chi connectivity index (χ3n) is 7.81. The molecule has 4 fully saturated rings. The first-order valence-electron chi connectivity index (χ1n) is 12.4. The summed E-state index contributed by atoms with van der Waals surface area (Å²) in [5.41, 5.74) is -0.771. The second-order valence-corrected chi connectivity index (χ2v) is 9.76. The van der Waals surface area contributed by atoms with Gasteiger partial charge in [0.1, 0.15) is 0 Å². The summed E-state index contributed by atoms with van der Waals surface area (Å²) in [6.07, 6.45) is 13.3. The van der Waals surface area contributed by atoms with Crippen LogP contribution in [0.5, 0.6) is 0 Å². The van der Waals surface area contributed by atoms with Crippen LogP contribution in [0.4, 0.5) is 0 Å². The molecule has 2 aliphatic heterocycles.